The standard InChI is InChI=1S/C10H13N3O3S2/c1-7(14)5-11-18(15,16)6-8-3-2-4-9-10(8)13-17-12-9/h2-4,7,11,14H,5-6H2,1H3/t7-/m1/s1. The van der Waals surface area contributed by atoms with Crippen molar-refractivity contribution in [2.45, 2.75) is 18.8 Å². The topological polar surface area (TPSA) is 92.2 Å². The van der Waals surface area contributed by atoms with E-state index in [9.17, 15) is 8.42 Å². The molecule has 0 bridgehead atoms. The first-order chi connectivity index (χ1) is 8.48. The van der Waals surface area contributed by atoms with Gasteiger partial charge in [-0.3, -0.25) is 0 Å². The van der Waals surface area contributed by atoms with E-state index in [2.05, 4.69) is 13.5 Å². The smallest absolute Gasteiger partial charge is 0.215 e. The molecule has 2 N–H and O–H groups in total. The number of hydrogen-bond acceptors (Lipinski definition) is 6. The molecule has 0 aliphatic carbocycles. The van der Waals surface area contributed by atoms with Gasteiger partial charge >= 0.3 is 0 Å². The Labute approximate surface area is 109 Å². The van der Waals surface area contributed by atoms with Crippen LogP contribution in [0.25, 0.3) is 11.0 Å². The van der Waals surface area contributed by atoms with E-state index in [-0.39, 0.29) is 12.3 Å². The fourth-order valence-electron chi connectivity index (χ4n) is 1.48. The molecule has 0 spiro atoms. The van der Waals surface area contributed by atoms with E-state index in [1.54, 1.807) is 18.2 Å². The van der Waals surface area contributed by atoms with Gasteiger partial charge in [0.25, 0.3) is 0 Å². The highest BCUT2D eigenvalue weighted by atomic mass is 32.2. The lowest BCUT2D eigenvalue weighted by Gasteiger charge is -2.08. The molecule has 0 saturated carbocycles. The molecule has 0 unspecified atom stereocenters. The van der Waals surface area contributed by atoms with Crippen LogP contribution in [0.1, 0.15) is 12.5 Å². The summed E-state index contributed by atoms with van der Waals surface area (Å²) in [6, 6.07) is 5.26. The second-order valence-electron chi connectivity index (χ2n) is 4.01. The summed E-state index contributed by atoms with van der Waals surface area (Å²) >= 11 is 1.06. The van der Waals surface area contributed by atoms with Crippen molar-refractivity contribution in [2.24, 2.45) is 0 Å². The van der Waals surface area contributed by atoms with Gasteiger partial charge in [0.15, 0.2) is 0 Å². The molecule has 0 amide bonds. The van der Waals surface area contributed by atoms with E-state index in [4.69, 9.17) is 5.11 Å². The predicted octanol–water partition coefficient (Wildman–Crippen LogP) is 0.491. The lowest BCUT2D eigenvalue weighted by molar-refractivity contribution is 0.198. The second-order valence-corrected chi connectivity index (χ2v) is 6.34. The highest BCUT2D eigenvalue weighted by Crippen LogP contribution is 2.18. The number of nitrogens with one attached hydrogen (secondary N) is 1. The summed E-state index contributed by atoms with van der Waals surface area (Å²) in [5, 5.41) is 9.07. The zero-order chi connectivity index (χ0) is 13.2. The maximum absolute atomic E-state index is 11.8. The molecule has 0 aliphatic heterocycles. The van der Waals surface area contributed by atoms with Gasteiger partial charge in [0.1, 0.15) is 11.0 Å². The van der Waals surface area contributed by atoms with Crippen LogP contribution in [0.5, 0.6) is 0 Å². The van der Waals surface area contributed by atoms with E-state index in [0.29, 0.717) is 16.6 Å². The van der Waals surface area contributed by atoms with E-state index >= 15 is 0 Å². The predicted molar refractivity (Wildman–Crippen MR) is 69.7 cm³/mol. The number of fused-ring (bicyclic) bond motifs is 1. The first-order valence-corrected chi connectivity index (χ1v) is 7.72. The van der Waals surface area contributed by atoms with Gasteiger partial charge in [-0.1, -0.05) is 12.1 Å². The van der Waals surface area contributed by atoms with Gasteiger partial charge in [0.05, 0.1) is 23.6 Å². The van der Waals surface area contributed by atoms with Crippen molar-refractivity contribution in [1.29, 1.82) is 0 Å². The molecule has 0 radical (unpaired) electrons. The summed E-state index contributed by atoms with van der Waals surface area (Å²) in [4.78, 5) is 0. The van der Waals surface area contributed by atoms with Crippen molar-refractivity contribution in [3.05, 3.63) is 23.8 Å². The quantitative estimate of drug-likeness (QED) is 0.835. The number of aliphatic hydroxyl groups is 1. The van der Waals surface area contributed by atoms with Crippen molar-refractivity contribution in [3.8, 4) is 0 Å². The highest BCUT2D eigenvalue weighted by molar-refractivity contribution is 7.88. The number of rotatable bonds is 5. The molecule has 1 atom stereocenters. The minimum atomic E-state index is -3.47. The molecule has 98 valence electrons. The molecule has 1 heterocycles. The van der Waals surface area contributed by atoms with E-state index in [1.165, 1.54) is 6.92 Å². The van der Waals surface area contributed by atoms with Gasteiger partial charge in [0, 0.05) is 6.54 Å². The van der Waals surface area contributed by atoms with Crippen molar-refractivity contribution < 1.29 is 13.5 Å². The Kier molecular flexibility index (Phi) is 3.91. The highest BCUT2D eigenvalue weighted by Gasteiger charge is 2.15. The molecule has 0 saturated heterocycles. The van der Waals surface area contributed by atoms with Crippen molar-refractivity contribution in [1.82, 2.24) is 13.5 Å². The Morgan fingerprint density at radius 1 is 1.44 bits per heavy atom. The lowest BCUT2D eigenvalue weighted by atomic mass is 10.2. The zero-order valence-corrected chi connectivity index (χ0v) is 11.3. The number of hydrogen-bond donors (Lipinski definition) is 2. The molecule has 2 rings (SSSR count). The zero-order valence-electron chi connectivity index (χ0n) is 9.70. The van der Waals surface area contributed by atoms with Crippen LogP contribution < -0.4 is 4.72 Å². The van der Waals surface area contributed by atoms with E-state index in [1.807, 2.05) is 0 Å². The van der Waals surface area contributed by atoms with Crippen molar-refractivity contribution in [3.63, 3.8) is 0 Å². The molecule has 0 aliphatic rings. The van der Waals surface area contributed by atoms with Crippen molar-refractivity contribution >= 4 is 32.8 Å². The maximum atomic E-state index is 11.8. The fourth-order valence-corrected chi connectivity index (χ4v) is 3.29. The van der Waals surface area contributed by atoms with Gasteiger partial charge < -0.3 is 5.11 Å². The monoisotopic (exact) mass is 287 g/mol. The minimum Gasteiger partial charge on any atom is -0.392 e. The van der Waals surface area contributed by atoms with E-state index in [0.717, 1.165) is 11.7 Å². The fraction of sp³-hybridized carbons (Fsp3) is 0.400. The lowest BCUT2D eigenvalue weighted by Crippen LogP contribution is -2.31. The maximum Gasteiger partial charge on any atom is 0.215 e. The van der Waals surface area contributed by atoms with Crippen LogP contribution in [0.4, 0.5) is 0 Å². The molecule has 18 heavy (non-hydrogen) atoms. The molecule has 2 aromatic rings. The molecule has 0 fully saturated rings. The van der Waals surface area contributed by atoms with E-state index < -0.39 is 16.1 Å². The Bertz CT molecular complexity index is 637. The number of sulfonamides is 1. The van der Waals surface area contributed by atoms with Crippen LogP contribution in [0, 0.1) is 0 Å². The Hall–Kier alpha value is -1.09. The minimum absolute atomic E-state index is 0.00756. The van der Waals surface area contributed by atoms with Gasteiger partial charge in [-0.15, -0.1) is 0 Å². The van der Waals surface area contributed by atoms with Crippen LogP contribution in [-0.4, -0.2) is 34.9 Å². The summed E-state index contributed by atoms with van der Waals surface area (Å²) in [7, 11) is -3.47. The van der Waals surface area contributed by atoms with Crippen LogP contribution in [0.15, 0.2) is 18.2 Å². The average Bonchev–Trinajstić information content (AvgIpc) is 2.75. The Morgan fingerprint density at radius 2 is 2.22 bits per heavy atom. The first kappa shape index (κ1) is 13.3. The average molecular weight is 287 g/mol. The van der Waals surface area contributed by atoms with Gasteiger partial charge in [-0.2, -0.15) is 8.75 Å². The first-order valence-electron chi connectivity index (χ1n) is 5.33. The van der Waals surface area contributed by atoms with Crippen LogP contribution in [0.2, 0.25) is 0 Å². The molecular weight excluding hydrogens is 274 g/mol. The Balaban J connectivity index is 2.20. The molecule has 1 aromatic heterocycles. The van der Waals surface area contributed by atoms with Crippen LogP contribution in [-0.2, 0) is 15.8 Å². The van der Waals surface area contributed by atoms with Crippen LogP contribution >= 0.6 is 11.7 Å². The third kappa shape index (κ3) is 3.22. The SMILES string of the molecule is C[C@@H](O)CNS(=O)(=O)Cc1cccc2nsnc12. The second kappa shape index (κ2) is 5.27. The summed E-state index contributed by atoms with van der Waals surface area (Å²) < 4.78 is 34.1. The molecule has 8 heteroatoms. The summed E-state index contributed by atoms with van der Waals surface area (Å²) in [5.41, 5.74) is 1.92. The number of benzene rings is 1. The molecule has 1 aromatic carbocycles. The summed E-state index contributed by atoms with van der Waals surface area (Å²) in [6.07, 6.45) is -0.712. The van der Waals surface area contributed by atoms with Gasteiger partial charge in [0.2, 0.25) is 10.0 Å². The number of aromatic nitrogens is 2. The molecular formula is C10H13N3O3S2. The van der Waals surface area contributed by atoms with Crippen molar-refractivity contribution in [2.75, 3.05) is 6.54 Å². The summed E-state index contributed by atoms with van der Waals surface area (Å²) in [5.74, 6) is -0.164. The largest absolute Gasteiger partial charge is 0.392 e. The third-order valence-corrected chi connectivity index (χ3v) is 4.15. The third-order valence-electron chi connectivity index (χ3n) is 2.31. The van der Waals surface area contributed by atoms with Gasteiger partial charge in [-0.05, 0) is 18.6 Å². The number of nitrogens with zero attached hydrogens (tertiary/aromatic N) is 2. The van der Waals surface area contributed by atoms with Gasteiger partial charge in [-0.25, -0.2) is 13.1 Å². The summed E-state index contributed by atoms with van der Waals surface area (Å²) in [6.45, 7) is 1.53. The Morgan fingerprint density at radius 3 is 2.94 bits per heavy atom. The normalized spacial score (nSPS) is 13.9. The number of aliphatic hydroxyl groups excluding tert-OH is 1. The molecule has 6 nitrogen and oxygen atoms in total. The van der Waals surface area contributed by atoms with Crippen LogP contribution in [0.3, 0.4) is 0 Å².